The lowest BCUT2D eigenvalue weighted by atomic mass is 10.0. The number of nitrogens with two attached hydrogens (primary N) is 1. The Kier molecular flexibility index (Phi) is 5.59. The van der Waals surface area contributed by atoms with Gasteiger partial charge in [0.25, 0.3) is 0 Å². The van der Waals surface area contributed by atoms with Gasteiger partial charge in [0, 0.05) is 11.3 Å². The summed E-state index contributed by atoms with van der Waals surface area (Å²) in [6.07, 6.45) is -2.92. The van der Waals surface area contributed by atoms with Gasteiger partial charge in [-0.05, 0) is 48.7 Å². The molecule has 2 aromatic carbocycles. The van der Waals surface area contributed by atoms with Crippen LogP contribution in [-0.4, -0.2) is 12.5 Å². The van der Waals surface area contributed by atoms with E-state index >= 15 is 0 Å². The molecule has 6 heteroatoms. The molecule has 0 atom stereocenters. The minimum absolute atomic E-state index is 0.0696. The Hall–Kier alpha value is -2.37. The largest absolute Gasteiger partial charge is 0.573 e. The molecule has 0 saturated heterocycles. The lowest BCUT2D eigenvalue weighted by molar-refractivity contribution is -0.274. The smallest absolute Gasteiger partial charge is 0.490 e. The Morgan fingerprint density at radius 3 is 2.17 bits per heavy atom. The van der Waals surface area contributed by atoms with Gasteiger partial charge >= 0.3 is 6.36 Å². The first kappa shape index (κ1) is 18.0. The number of anilines is 1. The quantitative estimate of drug-likeness (QED) is 0.717. The van der Waals surface area contributed by atoms with Gasteiger partial charge in [-0.15, -0.1) is 13.2 Å². The maximum Gasteiger partial charge on any atom is 0.573 e. The maximum atomic E-state index is 12.2. The molecule has 130 valence electrons. The van der Waals surface area contributed by atoms with Crippen molar-refractivity contribution in [3.63, 3.8) is 0 Å². The summed E-state index contributed by atoms with van der Waals surface area (Å²) in [7, 11) is 0. The molecule has 0 aliphatic carbocycles. The number of halogens is 3. The Morgan fingerprint density at radius 1 is 1.00 bits per heavy atom. The summed E-state index contributed by atoms with van der Waals surface area (Å²) in [4.78, 5) is 0. The van der Waals surface area contributed by atoms with E-state index in [1.54, 1.807) is 30.3 Å². The van der Waals surface area contributed by atoms with Gasteiger partial charge in [0.1, 0.15) is 11.5 Å². The van der Waals surface area contributed by atoms with Crippen molar-refractivity contribution in [3.8, 4) is 22.6 Å². The van der Waals surface area contributed by atoms with Crippen LogP contribution in [0.2, 0.25) is 0 Å². The molecule has 2 rings (SSSR count). The molecule has 0 aromatic heterocycles. The summed E-state index contributed by atoms with van der Waals surface area (Å²) in [5.74, 6) is 0.389. The van der Waals surface area contributed by atoms with Crippen molar-refractivity contribution in [3.05, 3.63) is 42.5 Å². The molecule has 0 heterocycles. The van der Waals surface area contributed by atoms with Crippen molar-refractivity contribution >= 4 is 5.69 Å². The van der Waals surface area contributed by atoms with Gasteiger partial charge in [-0.1, -0.05) is 26.0 Å². The van der Waals surface area contributed by atoms with E-state index in [0.717, 1.165) is 18.4 Å². The van der Waals surface area contributed by atoms with Crippen molar-refractivity contribution in [1.29, 1.82) is 0 Å². The number of ether oxygens (including phenoxy) is 2. The van der Waals surface area contributed by atoms with Crippen molar-refractivity contribution in [1.82, 2.24) is 0 Å². The van der Waals surface area contributed by atoms with Crippen molar-refractivity contribution in [2.45, 2.75) is 39.2 Å². The molecule has 3 nitrogen and oxygen atoms in total. The zero-order valence-corrected chi connectivity index (χ0v) is 13.6. The highest BCUT2D eigenvalue weighted by molar-refractivity contribution is 5.74. The van der Waals surface area contributed by atoms with E-state index in [2.05, 4.69) is 4.74 Å². The predicted molar refractivity (Wildman–Crippen MR) is 88.0 cm³/mol. The second-order valence-corrected chi connectivity index (χ2v) is 5.38. The molecule has 0 bridgehead atoms. The van der Waals surface area contributed by atoms with Crippen LogP contribution >= 0.6 is 0 Å². The van der Waals surface area contributed by atoms with E-state index in [1.165, 1.54) is 12.1 Å². The van der Waals surface area contributed by atoms with Crippen molar-refractivity contribution in [2.24, 2.45) is 0 Å². The van der Waals surface area contributed by atoms with E-state index in [9.17, 15) is 13.2 Å². The van der Waals surface area contributed by atoms with E-state index in [-0.39, 0.29) is 11.9 Å². The maximum absolute atomic E-state index is 12.2. The highest BCUT2D eigenvalue weighted by Gasteiger charge is 2.31. The van der Waals surface area contributed by atoms with Crippen LogP contribution in [0.4, 0.5) is 18.9 Å². The fraction of sp³-hybridized carbons (Fsp3) is 0.333. The fourth-order valence-corrected chi connectivity index (χ4v) is 2.35. The third-order valence-electron chi connectivity index (χ3n) is 3.61. The first-order valence-corrected chi connectivity index (χ1v) is 7.74. The normalized spacial score (nSPS) is 11.6. The number of hydrogen-bond acceptors (Lipinski definition) is 3. The topological polar surface area (TPSA) is 44.5 Å². The average Bonchev–Trinajstić information content (AvgIpc) is 2.53. The van der Waals surface area contributed by atoms with Crippen LogP contribution < -0.4 is 15.2 Å². The van der Waals surface area contributed by atoms with Crippen molar-refractivity contribution in [2.75, 3.05) is 5.73 Å². The van der Waals surface area contributed by atoms with Gasteiger partial charge in [0.15, 0.2) is 0 Å². The van der Waals surface area contributed by atoms with Gasteiger partial charge in [-0.3, -0.25) is 0 Å². The molecule has 0 saturated carbocycles. The van der Waals surface area contributed by atoms with Crippen LogP contribution in [0.3, 0.4) is 0 Å². The average molecular weight is 339 g/mol. The number of alkyl halides is 3. The fourth-order valence-electron chi connectivity index (χ4n) is 2.35. The van der Waals surface area contributed by atoms with E-state index in [0.29, 0.717) is 17.0 Å². The molecule has 24 heavy (non-hydrogen) atoms. The monoisotopic (exact) mass is 339 g/mol. The van der Waals surface area contributed by atoms with Crippen LogP contribution in [0, 0.1) is 0 Å². The van der Waals surface area contributed by atoms with Crippen LogP contribution in [0.15, 0.2) is 42.5 Å². The molecule has 0 aliphatic rings. The van der Waals surface area contributed by atoms with Gasteiger partial charge in [-0.2, -0.15) is 0 Å². The minimum Gasteiger partial charge on any atom is -0.490 e. The van der Waals surface area contributed by atoms with E-state index < -0.39 is 6.36 Å². The molecular formula is C18H20F3NO2. The summed E-state index contributed by atoms with van der Waals surface area (Å²) in [6.45, 7) is 4.07. The third kappa shape index (κ3) is 4.81. The molecule has 0 amide bonds. The molecule has 0 aliphatic heterocycles. The molecule has 0 fully saturated rings. The second kappa shape index (κ2) is 7.47. The number of benzene rings is 2. The molecule has 2 N–H and O–H groups in total. The summed E-state index contributed by atoms with van der Waals surface area (Å²) < 4.78 is 46.6. The minimum atomic E-state index is -4.71. The summed E-state index contributed by atoms with van der Waals surface area (Å²) in [5.41, 5.74) is 7.84. The standard InChI is InChI=1S/C18H20F3NO2/c1-3-14(4-2)23-17-10-7-13(22)11-16(17)12-5-8-15(9-6-12)24-18(19,20)21/h5-11,14H,3-4,22H2,1-2H3. The zero-order chi connectivity index (χ0) is 17.7. The lowest BCUT2D eigenvalue weighted by Crippen LogP contribution is -2.17. The SMILES string of the molecule is CCC(CC)Oc1ccc(N)cc1-c1ccc(OC(F)(F)F)cc1. The molecular weight excluding hydrogens is 319 g/mol. The molecule has 2 aromatic rings. The van der Waals surface area contributed by atoms with Crippen LogP contribution in [0.5, 0.6) is 11.5 Å². The highest BCUT2D eigenvalue weighted by atomic mass is 19.4. The van der Waals surface area contributed by atoms with Crippen LogP contribution in [0.25, 0.3) is 11.1 Å². The van der Waals surface area contributed by atoms with Gasteiger partial charge in [0.2, 0.25) is 0 Å². The van der Waals surface area contributed by atoms with E-state index in [4.69, 9.17) is 10.5 Å². The first-order chi connectivity index (χ1) is 11.3. The summed E-state index contributed by atoms with van der Waals surface area (Å²) >= 11 is 0. The highest BCUT2D eigenvalue weighted by Crippen LogP contribution is 2.34. The van der Waals surface area contributed by atoms with Gasteiger partial charge in [-0.25, -0.2) is 0 Å². The van der Waals surface area contributed by atoms with Crippen LogP contribution in [-0.2, 0) is 0 Å². The Morgan fingerprint density at radius 2 is 1.62 bits per heavy atom. The van der Waals surface area contributed by atoms with Gasteiger partial charge in [0.05, 0.1) is 6.10 Å². The lowest BCUT2D eigenvalue weighted by Gasteiger charge is -2.19. The summed E-state index contributed by atoms with van der Waals surface area (Å²) in [5, 5.41) is 0. The van der Waals surface area contributed by atoms with Crippen LogP contribution in [0.1, 0.15) is 26.7 Å². The second-order valence-electron chi connectivity index (χ2n) is 5.38. The molecule has 0 spiro atoms. The third-order valence-corrected chi connectivity index (χ3v) is 3.61. The Balaban J connectivity index is 2.31. The number of rotatable bonds is 6. The Bertz CT molecular complexity index is 665. The van der Waals surface area contributed by atoms with Gasteiger partial charge < -0.3 is 15.2 Å². The number of hydrogen-bond donors (Lipinski definition) is 1. The predicted octanol–water partition coefficient (Wildman–Crippen LogP) is 5.40. The number of nitrogen functional groups attached to an aromatic ring is 1. The zero-order valence-electron chi connectivity index (χ0n) is 13.6. The van der Waals surface area contributed by atoms with Crippen molar-refractivity contribution < 1.29 is 22.6 Å². The summed E-state index contributed by atoms with van der Waals surface area (Å²) in [6, 6.07) is 10.9. The van der Waals surface area contributed by atoms with E-state index in [1.807, 2.05) is 13.8 Å². The molecule has 0 unspecified atom stereocenters. The first-order valence-electron chi connectivity index (χ1n) is 7.74. The Labute approximate surface area is 139 Å². The molecule has 0 radical (unpaired) electrons.